The summed E-state index contributed by atoms with van der Waals surface area (Å²) < 4.78 is 10.6. The smallest absolute Gasteiger partial charge is 0.255 e. The van der Waals surface area contributed by atoms with E-state index in [1.165, 1.54) is 12.7 Å². The number of carbonyl (C=O) groups is 2. The third-order valence-electron chi connectivity index (χ3n) is 4.08. The SMILES string of the molecule is COc1ccc(N[C@H](C)C(=O)Nc2ccc(C)c(C)c2)cc1OCC(N)=O. The van der Waals surface area contributed by atoms with Gasteiger partial charge >= 0.3 is 0 Å². The number of ether oxygens (including phenoxy) is 2. The molecule has 0 bridgehead atoms. The topological polar surface area (TPSA) is 103 Å². The van der Waals surface area contributed by atoms with Gasteiger partial charge in [-0.3, -0.25) is 9.59 Å². The zero-order chi connectivity index (χ0) is 20.0. The van der Waals surface area contributed by atoms with Crippen LogP contribution in [0.25, 0.3) is 0 Å². The summed E-state index contributed by atoms with van der Waals surface area (Å²) in [6, 6.07) is 10.4. The van der Waals surface area contributed by atoms with Gasteiger partial charge in [-0.1, -0.05) is 6.07 Å². The molecular weight excluding hydrogens is 346 g/mol. The molecule has 0 aliphatic carbocycles. The van der Waals surface area contributed by atoms with E-state index in [9.17, 15) is 9.59 Å². The third-order valence-corrected chi connectivity index (χ3v) is 4.08. The average molecular weight is 371 g/mol. The molecule has 0 heterocycles. The van der Waals surface area contributed by atoms with E-state index >= 15 is 0 Å². The van der Waals surface area contributed by atoms with Gasteiger partial charge < -0.3 is 25.8 Å². The second-order valence-corrected chi connectivity index (χ2v) is 6.27. The Morgan fingerprint density at radius 2 is 1.74 bits per heavy atom. The molecular formula is C20H25N3O4. The molecule has 0 spiro atoms. The van der Waals surface area contributed by atoms with E-state index in [4.69, 9.17) is 15.2 Å². The summed E-state index contributed by atoms with van der Waals surface area (Å²) >= 11 is 0. The van der Waals surface area contributed by atoms with Gasteiger partial charge in [0.05, 0.1) is 7.11 Å². The molecule has 0 aromatic heterocycles. The van der Waals surface area contributed by atoms with Crippen molar-refractivity contribution in [3.8, 4) is 11.5 Å². The molecule has 2 aromatic carbocycles. The Labute approximate surface area is 158 Å². The summed E-state index contributed by atoms with van der Waals surface area (Å²) in [6.07, 6.45) is 0. The zero-order valence-electron chi connectivity index (χ0n) is 16.0. The first kappa shape index (κ1) is 20.1. The number of benzene rings is 2. The first-order valence-corrected chi connectivity index (χ1v) is 8.54. The summed E-state index contributed by atoms with van der Waals surface area (Å²) in [7, 11) is 1.50. The van der Waals surface area contributed by atoms with Crippen LogP contribution in [0, 0.1) is 13.8 Å². The first-order valence-electron chi connectivity index (χ1n) is 8.54. The summed E-state index contributed by atoms with van der Waals surface area (Å²) in [4.78, 5) is 23.4. The molecule has 1 atom stereocenters. The molecule has 0 aliphatic heterocycles. The maximum Gasteiger partial charge on any atom is 0.255 e. The van der Waals surface area contributed by atoms with E-state index in [2.05, 4.69) is 10.6 Å². The van der Waals surface area contributed by atoms with Crippen LogP contribution in [0.5, 0.6) is 11.5 Å². The van der Waals surface area contributed by atoms with Crippen molar-refractivity contribution < 1.29 is 19.1 Å². The molecule has 7 nitrogen and oxygen atoms in total. The van der Waals surface area contributed by atoms with Crippen molar-refractivity contribution in [1.29, 1.82) is 0 Å². The Morgan fingerprint density at radius 3 is 2.37 bits per heavy atom. The Hall–Kier alpha value is -3.22. The van der Waals surface area contributed by atoms with Crippen molar-refractivity contribution in [2.24, 2.45) is 5.73 Å². The number of primary amides is 1. The van der Waals surface area contributed by atoms with Gasteiger partial charge in [0.15, 0.2) is 18.1 Å². The maximum atomic E-state index is 12.4. The van der Waals surface area contributed by atoms with E-state index in [1.54, 1.807) is 25.1 Å². The van der Waals surface area contributed by atoms with E-state index in [0.29, 0.717) is 17.2 Å². The minimum Gasteiger partial charge on any atom is -0.493 e. The number of nitrogens with two attached hydrogens (primary N) is 1. The highest BCUT2D eigenvalue weighted by Gasteiger charge is 2.15. The molecule has 7 heteroatoms. The van der Waals surface area contributed by atoms with Crippen molar-refractivity contribution >= 4 is 23.2 Å². The lowest BCUT2D eigenvalue weighted by molar-refractivity contribution is -0.120. The molecule has 0 unspecified atom stereocenters. The van der Waals surface area contributed by atoms with Gasteiger partial charge in [0.1, 0.15) is 6.04 Å². The molecule has 0 saturated heterocycles. The molecule has 0 aliphatic rings. The Kier molecular flexibility index (Phi) is 6.65. The van der Waals surface area contributed by atoms with Crippen LogP contribution in [-0.4, -0.2) is 31.6 Å². The highest BCUT2D eigenvalue weighted by molar-refractivity contribution is 5.96. The monoisotopic (exact) mass is 371 g/mol. The molecule has 0 saturated carbocycles. The van der Waals surface area contributed by atoms with Gasteiger partial charge in [0.25, 0.3) is 5.91 Å². The summed E-state index contributed by atoms with van der Waals surface area (Å²) in [5, 5.41) is 5.99. The van der Waals surface area contributed by atoms with Crippen LogP contribution in [0.1, 0.15) is 18.1 Å². The number of methoxy groups -OCH3 is 1. The fourth-order valence-corrected chi connectivity index (χ4v) is 2.41. The lowest BCUT2D eigenvalue weighted by atomic mass is 10.1. The van der Waals surface area contributed by atoms with E-state index in [0.717, 1.165) is 11.3 Å². The number of anilines is 2. The minimum atomic E-state index is -0.587. The number of amides is 2. The predicted molar refractivity (Wildman–Crippen MR) is 105 cm³/mol. The van der Waals surface area contributed by atoms with Gasteiger partial charge in [-0.25, -0.2) is 0 Å². The van der Waals surface area contributed by atoms with Gasteiger partial charge in [-0.15, -0.1) is 0 Å². The van der Waals surface area contributed by atoms with Crippen molar-refractivity contribution in [1.82, 2.24) is 0 Å². The van der Waals surface area contributed by atoms with Crippen LogP contribution in [0.3, 0.4) is 0 Å². The Balaban J connectivity index is 2.05. The molecule has 0 fully saturated rings. The van der Waals surface area contributed by atoms with Crippen LogP contribution in [0.15, 0.2) is 36.4 Å². The molecule has 144 valence electrons. The van der Waals surface area contributed by atoms with Crippen LogP contribution in [-0.2, 0) is 9.59 Å². The normalized spacial score (nSPS) is 11.4. The highest BCUT2D eigenvalue weighted by atomic mass is 16.5. The largest absolute Gasteiger partial charge is 0.493 e. The Morgan fingerprint density at radius 1 is 1.04 bits per heavy atom. The van der Waals surface area contributed by atoms with Gasteiger partial charge in [-0.2, -0.15) is 0 Å². The fraction of sp³-hybridized carbons (Fsp3) is 0.300. The molecule has 4 N–H and O–H groups in total. The summed E-state index contributed by atoms with van der Waals surface area (Å²) in [6.45, 7) is 5.51. The lowest BCUT2D eigenvalue weighted by Crippen LogP contribution is -2.31. The lowest BCUT2D eigenvalue weighted by Gasteiger charge is -2.17. The van der Waals surface area contributed by atoms with E-state index < -0.39 is 11.9 Å². The van der Waals surface area contributed by atoms with Crippen LogP contribution in [0.4, 0.5) is 11.4 Å². The fourth-order valence-electron chi connectivity index (χ4n) is 2.41. The number of rotatable bonds is 8. The average Bonchev–Trinajstić information content (AvgIpc) is 2.63. The van der Waals surface area contributed by atoms with Gasteiger partial charge in [0.2, 0.25) is 5.91 Å². The van der Waals surface area contributed by atoms with Crippen molar-refractivity contribution in [2.75, 3.05) is 24.4 Å². The highest BCUT2D eigenvalue weighted by Crippen LogP contribution is 2.30. The van der Waals surface area contributed by atoms with Gasteiger partial charge in [0, 0.05) is 17.4 Å². The van der Waals surface area contributed by atoms with Crippen molar-refractivity contribution in [3.63, 3.8) is 0 Å². The number of hydrogen-bond acceptors (Lipinski definition) is 5. The van der Waals surface area contributed by atoms with Crippen LogP contribution >= 0.6 is 0 Å². The van der Waals surface area contributed by atoms with Crippen LogP contribution < -0.4 is 25.8 Å². The second-order valence-electron chi connectivity index (χ2n) is 6.27. The third kappa shape index (κ3) is 5.64. The summed E-state index contributed by atoms with van der Waals surface area (Å²) in [5.74, 6) is 0.0716. The minimum absolute atomic E-state index is 0.173. The molecule has 2 aromatic rings. The van der Waals surface area contributed by atoms with Crippen LogP contribution in [0.2, 0.25) is 0 Å². The summed E-state index contributed by atoms with van der Waals surface area (Å²) in [5.41, 5.74) is 8.79. The zero-order valence-corrected chi connectivity index (χ0v) is 16.0. The Bertz CT molecular complexity index is 836. The molecule has 2 rings (SSSR count). The van der Waals surface area contributed by atoms with Gasteiger partial charge in [-0.05, 0) is 56.2 Å². The molecule has 27 heavy (non-hydrogen) atoms. The number of hydrogen-bond donors (Lipinski definition) is 3. The van der Waals surface area contributed by atoms with E-state index in [1.807, 2.05) is 32.0 Å². The number of carbonyl (C=O) groups excluding carboxylic acids is 2. The standard InChI is InChI=1S/C20H25N3O4/c1-12-5-6-15(9-13(12)2)23-20(25)14(3)22-16-7-8-17(26-4)18(10-16)27-11-19(21)24/h5-10,14,22H,11H2,1-4H3,(H2,21,24)(H,23,25)/t14-/m1/s1. The number of nitrogens with one attached hydrogen (secondary N) is 2. The molecule has 0 radical (unpaired) electrons. The maximum absolute atomic E-state index is 12.4. The quantitative estimate of drug-likeness (QED) is 0.662. The second kappa shape index (κ2) is 8.93. The first-order chi connectivity index (χ1) is 12.8. The number of aryl methyl sites for hydroxylation is 2. The van der Waals surface area contributed by atoms with Crippen molar-refractivity contribution in [3.05, 3.63) is 47.5 Å². The van der Waals surface area contributed by atoms with E-state index in [-0.39, 0.29) is 12.5 Å². The predicted octanol–water partition coefficient (Wildman–Crippen LogP) is 2.62. The van der Waals surface area contributed by atoms with Crippen molar-refractivity contribution in [2.45, 2.75) is 26.8 Å². The molecule has 2 amide bonds.